The highest BCUT2D eigenvalue weighted by molar-refractivity contribution is 7.94. The number of thiazole rings is 1. The van der Waals surface area contributed by atoms with Crippen molar-refractivity contribution in [1.82, 2.24) is 15.2 Å². The number of H-pyrrole nitrogens is 1. The zero-order chi connectivity index (χ0) is 10.9. The molecule has 0 aromatic carbocycles. The second kappa shape index (κ2) is 3.63. The Balaban J connectivity index is 2.28. The molecule has 0 amide bonds. The highest BCUT2D eigenvalue weighted by Crippen LogP contribution is 2.20. The van der Waals surface area contributed by atoms with E-state index in [9.17, 15) is 8.42 Å². The molecule has 0 aliphatic carbocycles. The third-order valence-corrected chi connectivity index (χ3v) is 4.35. The summed E-state index contributed by atoms with van der Waals surface area (Å²) in [4.78, 5) is 3.89. The molecule has 2 rings (SSSR count). The van der Waals surface area contributed by atoms with E-state index in [2.05, 4.69) is 19.9 Å². The van der Waals surface area contributed by atoms with Crippen LogP contribution < -0.4 is 4.72 Å². The predicted octanol–water partition coefficient (Wildman–Crippen LogP) is 0.975. The third-order valence-electron chi connectivity index (χ3n) is 1.61. The molecule has 8 heteroatoms. The second-order valence-corrected chi connectivity index (χ2v) is 5.92. The summed E-state index contributed by atoms with van der Waals surface area (Å²) in [5, 5.41) is 6.86. The van der Waals surface area contributed by atoms with Gasteiger partial charge in [-0.05, 0) is 6.92 Å². The maximum Gasteiger partial charge on any atom is 0.274 e. The molecule has 6 nitrogen and oxygen atoms in total. The smallest absolute Gasteiger partial charge is 0.263 e. The van der Waals surface area contributed by atoms with Gasteiger partial charge in [0.1, 0.15) is 5.82 Å². The Bertz CT molecular complexity index is 543. The lowest BCUT2D eigenvalue weighted by Gasteiger charge is -2.01. The van der Waals surface area contributed by atoms with Gasteiger partial charge in [0.25, 0.3) is 10.0 Å². The van der Waals surface area contributed by atoms with Crippen LogP contribution in [0.25, 0.3) is 0 Å². The molecule has 2 aromatic rings. The zero-order valence-corrected chi connectivity index (χ0v) is 9.39. The molecule has 0 unspecified atom stereocenters. The van der Waals surface area contributed by atoms with Gasteiger partial charge in [-0.2, -0.15) is 5.10 Å². The second-order valence-electron chi connectivity index (χ2n) is 2.77. The highest BCUT2D eigenvalue weighted by atomic mass is 32.2. The Morgan fingerprint density at radius 2 is 2.33 bits per heavy atom. The molecule has 0 bridgehead atoms. The van der Waals surface area contributed by atoms with Gasteiger partial charge in [-0.1, -0.05) is 0 Å². The van der Waals surface area contributed by atoms with Crippen LogP contribution in [0.3, 0.4) is 0 Å². The minimum atomic E-state index is -3.53. The average molecular weight is 244 g/mol. The normalized spacial score (nSPS) is 11.5. The molecule has 2 aromatic heterocycles. The van der Waals surface area contributed by atoms with Crippen molar-refractivity contribution in [1.29, 1.82) is 0 Å². The number of hydrogen-bond acceptors (Lipinski definition) is 5. The van der Waals surface area contributed by atoms with Crippen LogP contribution in [0.2, 0.25) is 0 Å². The topological polar surface area (TPSA) is 87.7 Å². The fourth-order valence-corrected chi connectivity index (χ4v) is 3.10. The summed E-state index contributed by atoms with van der Waals surface area (Å²) in [6, 6.07) is 1.53. The minimum absolute atomic E-state index is 0.189. The lowest BCUT2D eigenvalue weighted by atomic mass is 10.7. The monoisotopic (exact) mass is 244 g/mol. The van der Waals surface area contributed by atoms with E-state index in [1.54, 1.807) is 6.92 Å². The molecule has 2 heterocycles. The summed E-state index contributed by atoms with van der Waals surface area (Å²) in [5.41, 5.74) is 0. The van der Waals surface area contributed by atoms with E-state index in [4.69, 9.17) is 0 Å². The van der Waals surface area contributed by atoms with Gasteiger partial charge >= 0.3 is 0 Å². The zero-order valence-electron chi connectivity index (χ0n) is 7.76. The van der Waals surface area contributed by atoms with E-state index in [0.717, 1.165) is 11.3 Å². The number of anilines is 1. The van der Waals surface area contributed by atoms with Crippen LogP contribution in [-0.4, -0.2) is 23.6 Å². The van der Waals surface area contributed by atoms with Crippen LogP contribution >= 0.6 is 11.3 Å². The van der Waals surface area contributed by atoms with Gasteiger partial charge in [0, 0.05) is 6.07 Å². The summed E-state index contributed by atoms with van der Waals surface area (Å²) in [6.45, 7) is 1.75. The number of hydrogen-bond donors (Lipinski definition) is 2. The SMILES string of the molecule is Cc1ncc(S(=O)(=O)Nc2ccn[nH]2)s1. The third kappa shape index (κ3) is 2.16. The number of nitrogens with zero attached hydrogens (tertiary/aromatic N) is 2. The predicted molar refractivity (Wildman–Crippen MR) is 56.2 cm³/mol. The number of sulfonamides is 1. The van der Waals surface area contributed by atoms with E-state index < -0.39 is 10.0 Å². The van der Waals surface area contributed by atoms with Crippen molar-refractivity contribution in [3.63, 3.8) is 0 Å². The fraction of sp³-hybridized carbons (Fsp3) is 0.143. The molecule has 0 saturated heterocycles. The molecular formula is C7H8N4O2S2. The first-order valence-electron chi connectivity index (χ1n) is 4.02. The number of nitrogens with one attached hydrogen (secondary N) is 2. The van der Waals surface area contributed by atoms with Gasteiger partial charge in [-0.25, -0.2) is 13.4 Å². The standard InChI is InChI=1S/C7H8N4O2S2/c1-5-8-4-7(14-5)15(12,13)11-6-2-3-9-10-6/h2-4H,1H3,(H2,9,10,11). The summed E-state index contributed by atoms with van der Waals surface area (Å²) in [5.74, 6) is 0.334. The molecule has 2 N–H and O–H groups in total. The van der Waals surface area contributed by atoms with E-state index in [1.165, 1.54) is 18.5 Å². The van der Waals surface area contributed by atoms with Crippen LogP contribution in [0, 0.1) is 6.92 Å². The summed E-state index contributed by atoms with van der Waals surface area (Å²) >= 11 is 1.12. The van der Waals surface area contributed by atoms with E-state index in [1.807, 2.05) is 0 Å². The van der Waals surface area contributed by atoms with Gasteiger partial charge in [0.2, 0.25) is 0 Å². The maximum atomic E-state index is 11.7. The van der Waals surface area contributed by atoms with Crippen molar-refractivity contribution in [3.05, 3.63) is 23.5 Å². The van der Waals surface area contributed by atoms with Crippen LogP contribution in [-0.2, 0) is 10.0 Å². The Morgan fingerprint density at radius 3 is 2.87 bits per heavy atom. The van der Waals surface area contributed by atoms with Crippen molar-refractivity contribution in [2.45, 2.75) is 11.1 Å². The van der Waals surface area contributed by atoms with E-state index in [-0.39, 0.29) is 4.21 Å². The Hall–Kier alpha value is -1.41. The molecule has 0 aliphatic heterocycles. The van der Waals surface area contributed by atoms with Crippen LogP contribution in [0.5, 0.6) is 0 Å². The first-order valence-corrected chi connectivity index (χ1v) is 6.32. The molecule has 15 heavy (non-hydrogen) atoms. The maximum absolute atomic E-state index is 11.7. The molecule has 0 saturated carbocycles. The van der Waals surface area contributed by atoms with Gasteiger partial charge in [0.05, 0.1) is 17.4 Å². The Morgan fingerprint density at radius 1 is 1.53 bits per heavy atom. The number of rotatable bonds is 3. The minimum Gasteiger partial charge on any atom is -0.263 e. The molecule has 0 fully saturated rings. The van der Waals surface area contributed by atoms with Crippen LogP contribution in [0.4, 0.5) is 5.82 Å². The van der Waals surface area contributed by atoms with Crippen LogP contribution in [0.15, 0.2) is 22.7 Å². The van der Waals surface area contributed by atoms with Gasteiger partial charge in [-0.3, -0.25) is 9.82 Å². The van der Waals surface area contributed by atoms with Gasteiger partial charge < -0.3 is 0 Å². The van der Waals surface area contributed by atoms with Gasteiger partial charge in [-0.15, -0.1) is 11.3 Å². The van der Waals surface area contributed by atoms with E-state index in [0.29, 0.717) is 10.8 Å². The lowest BCUT2D eigenvalue weighted by Crippen LogP contribution is -2.11. The van der Waals surface area contributed by atoms with Crippen molar-refractivity contribution >= 4 is 27.2 Å². The van der Waals surface area contributed by atoms with Crippen LogP contribution in [0.1, 0.15) is 5.01 Å². The molecule has 0 spiro atoms. The van der Waals surface area contributed by atoms with Crippen molar-refractivity contribution < 1.29 is 8.42 Å². The first-order chi connectivity index (χ1) is 7.08. The van der Waals surface area contributed by atoms with Crippen molar-refractivity contribution in [2.75, 3.05) is 4.72 Å². The Labute approximate surface area is 90.4 Å². The molecule has 0 atom stereocenters. The molecule has 0 radical (unpaired) electrons. The number of aromatic nitrogens is 3. The van der Waals surface area contributed by atoms with Crippen molar-refractivity contribution in [2.24, 2.45) is 0 Å². The van der Waals surface area contributed by atoms with Crippen molar-refractivity contribution in [3.8, 4) is 0 Å². The molecule has 80 valence electrons. The fourth-order valence-electron chi connectivity index (χ4n) is 0.974. The molecular weight excluding hydrogens is 236 g/mol. The summed E-state index contributed by atoms with van der Waals surface area (Å²) in [6.07, 6.45) is 2.80. The summed E-state index contributed by atoms with van der Waals surface area (Å²) in [7, 11) is -3.53. The average Bonchev–Trinajstić information content (AvgIpc) is 2.75. The largest absolute Gasteiger partial charge is 0.274 e. The lowest BCUT2D eigenvalue weighted by molar-refractivity contribution is 0.602. The quantitative estimate of drug-likeness (QED) is 0.842. The summed E-state index contributed by atoms with van der Waals surface area (Å²) < 4.78 is 26.0. The van der Waals surface area contributed by atoms with E-state index >= 15 is 0 Å². The Kier molecular flexibility index (Phi) is 2.45. The molecule has 0 aliphatic rings. The number of aryl methyl sites for hydroxylation is 1. The number of aromatic amines is 1. The highest BCUT2D eigenvalue weighted by Gasteiger charge is 2.17. The first kappa shape index (κ1) is 10.1. The van der Waals surface area contributed by atoms with Gasteiger partial charge in [0.15, 0.2) is 4.21 Å².